The number of carbonyl (C=O) groups excluding carboxylic acids is 3. The van der Waals surface area contributed by atoms with E-state index >= 15 is 0 Å². The van der Waals surface area contributed by atoms with E-state index in [4.69, 9.17) is 4.98 Å². The zero-order valence-electron chi connectivity index (χ0n) is 18.1. The highest BCUT2D eigenvalue weighted by Crippen LogP contribution is 2.41. The van der Waals surface area contributed by atoms with Crippen LogP contribution >= 0.6 is 11.3 Å². The van der Waals surface area contributed by atoms with Crippen LogP contribution in [0.5, 0.6) is 0 Å². The summed E-state index contributed by atoms with van der Waals surface area (Å²) in [6.07, 6.45) is 3.13. The first-order valence-corrected chi connectivity index (χ1v) is 12.2. The van der Waals surface area contributed by atoms with E-state index < -0.39 is 11.6 Å². The van der Waals surface area contributed by atoms with E-state index in [0.717, 1.165) is 50.5 Å². The SMILES string of the molecule is O=C(CN1C(=O)N[C@]2(CCc3ccccc32)C1=O)N1CCC[C@H](c2nc3ccccc3s2)C1. The number of imide groups is 1. The van der Waals surface area contributed by atoms with Gasteiger partial charge in [0.2, 0.25) is 5.91 Å². The summed E-state index contributed by atoms with van der Waals surface area (Å²) >= 11 is 1.68. The van der Waals surface area contributed by atoms with E-state index in [9.17, 15) is 14.4 Å². The lowest BCUT2D eigenvalue weighted by Crippen LogP contribution is -2.47. The summed E-state index contributed by atoms with van der Waals surface area (Å²) in [5.41, 5.74) is 1.89. The van der Waals surface area contributed by atoms with Crippen molar-refractivity contribution in [2.24, 2.45) is 0 Å². The fourth-order valence-electron chi connectivity index (χ4n) is 5.44. The number of fused-ring (bicyclic) bond motifs is 3. The average molecular weight is 461 g/mol. The molecule has 2 aliphatic heterocycles. The van der Waals surface area contributed by atoms with Crippen LogP contribution in [-0.2, 0) is 21.5 Å². The van der Waals surface area contributed by atoms with Crippen LogP contribution in [0.15, 0.2) is 48.5 Å². The van der Waals surface area contributed by atoms with Crippen molar-refractivity contribution in [1.29, 1.82) is 0 Å². The lowest BCUT2D eigenvalue weighted by molar-refractivity contribution is -0.139. The Bertz CT molecular complexity index is 1250. The summed E-state index contributed by atoms with van der Waals surface area (Å²) in [5, 5.41) is 3.95. The topological polar surface area (TPSA) is 82.6 Å². The number of rotatable bonds is 3. The molecule has 4 amide bonds. The molecule has 33 heavy (non-hydrogen) atoms. The highest BCUT2D eigenvalue weighted by Gasteiger charge is 2.55. The number of amides is 4. The van der Waals surface area contributed by atoms with E-state index in [-0.39, 0.29) is 24.3 Å². The Labute approximate surface area is 195 Å². The fourth-order valence-corrected chi connectivity index (χ4v) is 6.53. The summed E-state index contributed by atoms with van der Waals surface area (Å²) in [4.78, 5) is 47.0. The van der Waals surface area contributed by atoms with Crippen molar-refractivity contribution in [1.82, 2.24) is 20.1 Å². The minimum Gasteiger partial charge on any atom is -0.340 e. The maximum absolute atomic E-state index is 13.4. The van der Waals surface area contributed by atoms with Crippen molar-refractivity contribution in [2.75, 3.05) is 19.6 Å². The lowest BCUT2D eigenvalue weighted by Gasteiger charge is -2.32. The van der Waals surface area contributed by atoms with Crippen LogP contribution in [0.4, 0.5) is 4.79 Å². The van der Waals surface area contributed by atoms with Crippen LogP contribution < -0.4 is 5.32 Å². The highest BCUT2D eigenvalue weighted by molar-refractivity contribution is 7.18. The molecule has 2 atom stereocenters. The summed E-state index contributed by atoms with van der Waals surface area (Å²) in [6, 6.07) is 15.3. The van der Waals surface area contributed by atoms with E-state index in [1.165, 1.54) is 0 Å². The number of carbonyl (C=O) groups is 3. The molecule has 3 aromatic rings. The molecule has 0 bridgehead atoms. The van der Waals surface area contributed by atoms with Gasteiger partial charge in [0, 0.05) is 19.0 Å². The predicted octanol–water partition coefficient (Wildman–Crippen LogP) is 3.40. The van der Waals surface area contributed by atoms with Crippen molar-refractivity contribution in [3.05, 3.63) is 64.7 Å². The first-order chi connectivity index (χ1) is 16.0. The maximum atomic E-state index is 13.4. The van der Waals surface area contributed by atoms with Gasteiger partial charge in [-0.15, -0.1) is 11.3 Å². The van der Waals surface area contributed by atoms with Crippen molar-refractivity contribution in [3.8, 4) is 0 Å². The van der Waals surface area contributed by atoms with Crippen LogP contribution in [0.3, 0.4) is 0 Å². The number of aromatic nitrogens is 1. The van der Waals surface area contributed by atoms with Gasteiger partial charge in [-0.25, -0.2) is 9.78 Å². The molecule has 3 aliphatic rings. The summed E-state index contributed by atoms with van der Waals surface area (Å²) in [6.45, 7) is 0.981. The Hall–Kier alpha value is -3.26. The first kappa shape index (κ1) is 20.4. The molecule has 1 aromatic heterocycles. The smallest absolute Gasteiger partial charge is 0.325 e. The monoisotopic (exact) mass is 460 g/mol. The predicted molar refractivity (Wildman–Crippen MR) is 125 cm³/mol. The average Bonchev–Trinajstić information content (AvgIpc) is 3.50. The molecule has 1 aliphatic carbocycles. The first-order valence-electron chi connectivity index (χ1n) is 11.4. The number of hydrogen-bond donors (Lipinski definition) is 1. The molecule has 2 aromatic carbocycles. The second-order valence-electron chi connectivity index (χ2n) is 9.08. The van der Waals surface area contributed by atoms with Gasteiger partial charge in [-0.05, 0) is 48.9 Å². The lowest BCUT2D eigenvalue weighted by atomic mass is 9.92. The molecule has 3 heterocycles. The summed E-state index contributed by atoms with van der Waals surface area (Å²) in [5.74, 6) is -0.325. The van der Waals surface area contributed by atoms with Crippen molar-refractivity contribution in [2.45, 2.75) is 37.1 Å². The Morgan fingerprint density at radius 3 is 2.85 bits per heavy atom. The molecule has 0 unspecified atom stereocenters. The van der Waals surface area contributed by atoms with E-state index in [1.54, 1.807) is 16.2 Å². The molecule has 1 N–H and O–H groups in total. The number of urea groups is 1. The highest BCUT2D eigenvalue weighted by atomic mass is 32.1. The summed E-state index contributed by atoms with van der Waals surface area (Å²) in [7, 11) is 0. The number of aryl methyl sites for hydroxylation is 1. The summed E-state index contributed by atoms with van der Waals surface area (Å²) < 4.78 is 1.15. The van der Waals surface area contributed by atoms with Crippen LogP contribution in [0, 0.1) is 0 Å². The van der Waals surface area contributed by atoms with Crippen LogP contribution in [0.1, 0.15) is 41.3 Å². The van der Waals surface area contributed by atoms with Crippen molar-refractivity contribution < 1.29 is 14.4 Å². The van der Waals surface area contributed by atoms with Crippen LogP contribution in [0.2, 0.25) is 0 Å². The van der Waals surface area contributed by atoms with Crippen LogP contribution in [-0.4, -0.2) is 52.3 Å². The number of benzene rings is 2. The minimum atomic E-state index is -1.03. The quantitative estimate of drug-likeness (QED) is 0.608. The number of nitrogens with one attached hydrogen (secondary N) is 1. The molecule has 168 valence electrons. The molecule has 2 saturated heterocycles. The van der Waals surface area contributed by atoms with Gasteiger partial charge in [-0.3, -0.25) is 14.5 Å². The number of thiazole rings is 1. The maximum Gasteiger partial charge on any atom is 0.325 e. The zero-order valence-corrected chi connectivity index (χ0v) is 18.9. The molecule has 7 nitrogen and oxygen atoms in total. The molecular weight excluding hydrogens is 436 g/mol. The standard InChI is InChI=1S/C25H24N4O3S/c30-21(28-13-5-7-17(14-28)22-26-19-9-3-4-10-20(19)33-22)15-29-23(31)25(27-24(29)32)12-11-16-6-1-2-8-18(16)25/h1-4,6,8-10,17H,5,7,11-15H2,(H,27,32)/t17-,25-/m0/s1. The van der Waals surface area contributed by atoms with Crippen molar-refractivity contribution >= 4 is 39.4 Å². The zero-order chi connectivity index (χ0) is 22.6. The number of para-hydroxylation sites is 1. The van der Waals surface area contributed by atoms with Gasteiger partial charge in [-0.2, -0.15) is 0 Å². The van der Waals surface area contributed by atoms with E-state index in [1.807, 2.05) is 42.5 Å². The fraction of sp³-hybridized carbons (Fsp3) is 0.360. The molecule has 6 rings (SSSR count). The molecule has 0 saturated carbocycles. The normalized spacial score (nSPS) is 24.5. The Morgan fingerprint density at radius 1 is 1.15 bits per heavy atom. The van der Waals surface area contributed by atoms with Gasteiger partial charge >= 0.3 is 6.03 Å². The third-order valence-electron chi connectivity index (χ3n) is 7.15. The van der Waals surface area contributed by atoms with Gasteiger partial charge in [0.15, 0.2) is 0 Å². The largest absolute Gasteiger partial charge is 0.340 e. The van der Waals surface area contributed by atoms with Gasteiger partial charge < -0.3 is 10.2 Å². The number of likely N-dealkylation sites (tertiary alicyclic amines) is 1. The Kier molecular flexibility index (Phi) is 4.72. The number of hydrogen-bond acceptors (Lipinski definition) is 5. The van der Waals surface area contributed by atoms with Crippen molar-refractivity contribution in [3.63, 3.8) is 0 Å². The van der Waals surface area contributed by atoms with Gasteiger partial charge in [0.1, 0.15) is 12.1 Å². The molecule has 0 radical (unpaired) electrons. The second kappa shape index (κ2) is 7.66. The minimum absolute atomic E-state index is 0.177. The van der Waals surface area contributed by atoms with Gasteiger partial charge in [0.25, 0.3) is 5.91 Å². The second-order valence-corrected chi connectivity index (χ2v) is 10.1. The third-order valence-corrected chi connectivity index (χ3v) is 8.35. The molecule has 2 fully saturated rings. The number of nitrogens with zero attached hydrogens (tertiary/aromatic N) is 3. The number of piperidine rings is 1. The molecule has 8 heteroatoms. The van der Waals surface area contributed by atoms with E-state index in [0.29, 0.717) is 19.5 Å². The molecular formula is C25H24N4O3S. The van der Waals surface area contributed by atoms with Crippen LogP contribution in [0.25, 0.3) is 10.2 Å². The van der Waals surface area contributed by atoms with Gasteiger partial charge in [0.05, 0.1) is 15.2 Å². The van der Waals surface area contributed by atoms with Gasteiger partial charge in [-0.1, -0.05) is 36.4 Å². The van der Waals surface area contributed by atoms with E-state index in [2.05, 4.69) is 11.4 Å². The Balaban J connectivity index is 1.18. The third kappa shape index (κ3) is 3.23. The Morgan fingerprint density at radius 2 is 1.97 bits per heavy atom. The molecule has 1 spiro atoms.